The van der Waals surface area contributed by atoms with E-state index in [9.17, 15) is 4.79 Å². The molecule has 0 saturated heterocycles. The van der Waals surface area contributed by atoms with Crippen LogP contribution in [0, 0.1) is 0 Å². The van der Waals surface area contributed by atoms with Gasteiger partial charge in [0.25, 0.3) is 0 Å². The van der Waals surface area contributed by atoms with E-state index in [1.165, 1.54) is 109 Å². The van der Waals surface area contributed by atoms with Crippen molar-refractivity contribution in [2.24, 2.45) is 0 Å². The van der Waals surface area contributed by atoms with Crippen LogP contribution in [-0.2, 0) is 4.79 Å². The minimum atomic E-state index is -0.651. The molecule has 0 amide bonds. The van der Waals surface area contributed by atoms with E-state index >= 15 is 0 Å². The molecule has 0 unspecified atom stereocenters. The molecular weight excluding hydrogens is 307 g/mol. The van der Waals surface area contributed by atoms with Crippen LogP contribution in [0.5, 0.6) is 0 Å². The topological polar surface area (TPSA) is 37.3 Å². The molecular formula is C22H47BO2. The van der Waals surface area contributed by atoms with Crippen molar-refractivity contribution in [1.82, 2.24) is 0 Å². The van der Waals surface area contributed by atoms with E-state index in [4.69, 9.17) is 5.11 Å². The van der Waals surface area contributed by atoms with Gasteiger partial charge >= 0.3 is 5.97 Å². The number of carboxylic acid groups (broad SMARTS) is 1. The van der Waals surface area contributed by atoms with Gasteiger partial charge in [-0.1, -0.05) is 122 Å². The largest absolute Gasteiger partial charge is 0.481 e. The Kier molecular flexibility index (Phi) is 25.2. The van der Waals surface area contributed by atoms with Crippen LogP contribution < -0.4 is 0 Å². The van der Waals surface area contributed by atoms with Crippen molar-refractivity contribution >= 4 is 14.4 Å². The van der Waals surface area contributed by atoms with Crippen LogP contribution in [0.4, 0.5) is 0 Å². The van der Waals surface area contributed by atoms with Gasteiger partial charge in [-0.2, -0.15) is 0 Å². The molecule has 25 heavy (non-hydrogen) atoms. The Labute approximate surface area is 160 Å². The summed E-state index contributed by atoms with van der Waals surface area (Å²) in [6.45, 7) is 2.28. The minimum Gasteiger partial charge on any atom is -0.481 e. The lowest BCUT2D eigenvalue weighted by Gasteiger charge is -2.03. The predicted octanol–water partition coefficient (Wildman–Crippen LogP) is 6.71. The van der Waals surface area contributed by atoms with Gasteiger partial charge in [-0.25, -0.2) is 0 Å². The summed E-state index contributed by atoms with van der Waals surface area (Å²) in [7, 11) is 0. The molecule has 0 aliphatic heterocycles. The second kappa shape index (κ2) is 23.5. The first kappa shape index (κ1) is 26.8. The summed E-state index contributed by atoms with van der Waals surface area (Å²) in [5.41, 5.74) is 0. The molecule has 0 bridgehead atoms. The molecule has 2 nitrogen and oxygen atoms in total. The lowest BCUT2D eigenvalue weighted by molar-refractivity contribution is -0.137. The summed E-state index contributed by atoms with van der Waals surface area (Å²) in [6.07, 6.45) is 26.1. The number of rotatable bonds is 20. The molecule has 0 fully saturated rings. The highest BCUT2D eigenvalue weighted by Crippen LogP contribution is 2.14. The second-order valence-electron chi connectivity index (χ2n) is 7.51. The SMILES string of the molecule is B.CCCCCCCCCCCCCCCCCCCCCC(=O)O. The first-order valence-electron chi connectivity index (χ1n) is 11.0. The summed E-state index contributed by atoms with van der Waals surface area (Å²) >= 11 is 0. The lowest BCUT2D eigenvalue weighted by Crippen LogP contribution is -1.93. The van der Waals surface area contributed by atoms with Crippen LogP contribution >= 0.6 is 0 Å². The van der Waals surface area contributed by atoms with Crippen molar-refractivity contribution in [3.8, 4) is 0 Å². The maximum absolute atomic E-state index is 10.4. The summed E-state index contributed by atoms with van der Waals surface area (Å²) in [5.74, 6) is -0.651. The van der Waals surface area contributed by atoms with E-state index in [-0.39, 0.29) is 8.41 Å². The Bertz CT molecular complexity index is 256. The molecule has 0 saturated carbocycles. The van der Waals surface area contributed by atoms with Crippen molar-refractivity contribution in [3.63, 3.8) is 0 Å². The van der Waals surface area contributed by atoms with Crippen LogP contribution in [-0.4, -0.2) is 19.5 Å². The van der Waals surface area contributed by atoms with Crippen molar-refractivity contribution < 1.29 is 9.90 Å². The van der Waals surface area contributed by atoms with Gasteiger partial charge in [0.1, 0.15) is 0 Å². The van der Waals surface area contributed by atoms with E-state index in [2.05, 4.69) is 6.92 Å². The third kappa shape index (κ3) is 25.9. The van der Waals surface area contributed by atoms with E-state index in [0.717, 1.165) is 12.8 Å². The number of aliphatic carboxylic acids is 1. The average molecular weight is 354 g/mol. The second-order valence-corrected chi connectivity index (χ2v) is 7.51. The van der Waals surface area contributed by atoms with Crippen molar-refractivity contribution in [1.29, 1.82) is 0 Å². The van der Waals surface area contributed by atoms with Crippen molar-refractivity contribution in [3.05, 3.63) is 0 Å². The molecule has 0 heterocycles. The van der Waals surface area contributed by atoms with Gasteiger partial charge in [-0.3, -0.25) is 4.79 Å². The van der Waals surface area contributed by atoms with E-state index < -0.39 is 5.97 Å². The molecule has 150 valence electrons. The first-order valence-corrected chi connectivity index (χ1v) is 11.0. The highest BCUT2D eigenvalue weighted by atomic mass is 16.4. The van der Waals surface area contributed by atoms with Crippen LogP contribution in [0.2, 0.25) is 0 Å². The van der Waals surface area contributed by atoms with Gasteiger partial charge in [0.2, 0.25) is 0 Å². The Morgan fingerprint density at radius 1 is 0.520 bits per heavy atom. The van der Waals surface area contributed by atoms with E-state index in [0.29, 0.717) is 6.42 Å². The lowest BCUT2D eigenvalue weighted by atomic mass is 10.0. The molecule has 0 radical (unpaired) electrons. The monoisotopic (exact) mass is 354 g/mol. The molecule has 0 aromatic heterocycles. The molecule has 0 aromatic carbocycles. The quantitative estimate of drug-likeness (QED) is 0.195. The van der Waals surface area contributed by atoms with Gasteiger partial charge in [0.15, 0.2) is 0 Å². The molecule has 0 aliphatic rings. The molecule has 0 aromatic rings. The molecule has 0 atom stereocenters. The van der Waals surface area contributed by atoms with E-state index in [1.807, 2.05) is 0 Å². The first-order chi connectivity index (χ1) is 11.8. The zero-order valence-electron chi connectivity index (χ0n) is 16.5. The Balaban J connectivity index is 0. The fourth-order valence-electron chi connectivity index (χ4n) is 3.35. The van der Waals surface area contributed by atoms with E-state index in [1.54, 1.807) is 0 Å². The fourth-order valence-corrected chi connectivity index (χ4v) is 3.35. The van der Waals surface area contributed by atoms with Crippen molar-refractivity contribution in [2.45, 2.75) is 135 Å². The summed E-state index contributed by atoms with van der Waals surface area (Å²) in [6, 6.07) is 0. The highest BCUT2D eigenvalue weighted by molar-refractivity contribution is 5.75. The fraction of sp³-hybridized carbons (Fsp3) is 0.955. The maximum Gasteiger partial charge on any atom is 0.303 e. The predicted molar refractivity (Wildman–Crippen MR) is 116 cm³/mol. The Hall–Kier alpha value is -0.465. The van der Waals surface area contributed by atoms with Crippen LogP contribution in [0.25, 0.3) is 0 Å². The molecule has 1 N–H and O–H groups in total. The van der Waals surface area contributed by atoms with Gasteiger partial charge in [0.05, 0.1) is 8.41 Å². The van der Waals surface area contributed by atoms with Gasteiger partial charge in [0, 0.05) is 6.42 Å². The zero-order chi connectivity index (χ0) is 17.7. The molecule has 0 rings (SSSR count). The van der Waals surface area contributed by atoms with Crippen molar-refractivity contribution in [2.75, 3.05) is 0 Å². The molecule has 0 aliphatic carbocycles. The van der Waals surface area contributed by atoms with Gasteiger partial charge in [-0.05, 0) is 6.42 Å². The normalized spacial score (nSPS) is 10.6. The van der Waals surface area contributed by atoms with Gasteiger partial charge < -0.3 is 5.11 Å². The summed E-state index contributed by atoms with van der Waals surface area (Å²) in [5, 5.41) is 8.56. The minimum absolute atomic E-state index is 0. The van der Waals surface area contributed by atoms with Crippen LogP contribution in [0.15, 0.2) is 0 Å². The number of hydrogen-bond acceptors (Lipinski definition) is 1. The summed E-state index contributed by atoms with van der Waals surface area (Å²) in [4.78, 5) is 10.4. The number of hydrogen-bond donors (Lipinski definition) is 1. The Morgan fingerprint density at radius 2 is 0.760 bits per heavy atom. The highest BCUT2D eigenvalue weighted by Gasteiger charge is 1.97. The number of unbranched alkanes of at least 4 members (excludes halogenated alkanes) is 18. The summed E-state index contributed by atoms with van der Waals surface area (Å²) < 4.78 is 0. The molecule has 0 spiro atoms. The smallest absolute Gasteiger partial charge is 0.303 e. The molecule has 3 heteroatoms. The number of carboxylic acids is 1. The third-order valence-electron chi connectivity index (χ3n) is 4.99. The zero-order valence-corrected chi connectivity index (χ0v) is 16.5. The Morgan fingerprint density at radius 3 is 1.00 bits per heavy atom. The average Bonchev–Trinajstić information content (AvgIpc) is 2.56. The van der Waals surface area contributed by atoms with Gasteiger partial charge in [-0.15, -0.1) is 0 Å². The van der Waals surface area contributed by atoms with Crippen LogP contribution in [0.1, 0.15) is 135 Å². The third-order valence-corrected chi connectivity index (χ3v) is 4.99. The number of carbonyl (C=O) groups is 1. The van der Waals surface area contributed by atoms with Crippen LogP contribution in [0.3, 0.4) is 0 Å². The standard InChI is InChI=1S/C22H44O2.BH3/c1-2-3-4-5-6-7-8-9-10-11-12-13-14-15-16-17-18-19-20-21-22(23)24;/h2-21H2,1H3,(H,23,24);1H3. The maximum atomic E-state index is 10.4.